The molecule has 0 bridgehead atoms. The first-order chi connectivity index (χ1) is 20.7. The first-order valence-electron chi connectivity index (χ1n) is 14.9. The summed E-state index contributed by atoms with van der Waals surface area (Å²) in [6, 6.07) is 27.3. The second-order valence-electron chi connectivity index (χ2n) is 11.8. The molecule has 0 spiro atoms. The van der Waals surface area contributed by atoms with Gasteiger partial charge >= 0.3 is 0 Å². The summed E-state index contributed by atoms with van der Waals surface area (Å²) in [6.45, 7) is 6.10. The Bertz CT molecular complexity index is 1720. The molecule has 0 radical (unpaired) electrons. The van der Waals surface area contributed by atoms with Crippen LogP contribution < -0.4 is 16.0 Å². The number of aromatic amines is 1. The molecular weight excluding hydrogens is 539 g/mol. The zero-order valence-electron chi connectivity index (χ0n) is 24.5. The Hall–Kier alpha value is -4.62. The number of hydrogen-bond donors (Lipinski definition) is 4. The minimum Gasteiger partial charge on any atom is -0.508 e. The van der Waals surface area contributed by atoms with Gasteiger partial charge in [0.25, 0.3) is 5.91 Å². The minimum atomic E-state index is -0.807. The second-order valence-corrected chi connectivity index (χ2v) is 11.8. The Morgan fingerprint density at radius 3 is 2.42 bits per heavy atom. The van der Waals surface area contributed by atoms with Gasteiger partial charge in [0.2, 0.25) is 0 Å². The topological polar surface area (TPSA) is 94.4 Å². The molecule has 1 saturated heterocycles. The van der Waals surface area contributed by atoms with Gasteiger partial charge < -0.3 is 26.0 Å². The van der Waals surface area contributed by atoms with Gasteiger partial charge in [0.15, 0.2) is 0 Å². The molecule has 5 N–H and O–H groups in total. The number of phenols is 1. The van der Waals surface area contributed by atoms with Gasteiger partial charge in [-0.1, -0.05) is 50.2 Å². The molecule has 5 aromatic rings. The summed E-state index contributed by atoms with van der Waals surface area (Å²) < 4.78 is 14.4. The van der Waals surface area contributed by atoms with E-state index in [9.17, 15) is 14.3 Å². The molecule has 0 aliphatic carbocycles. The van der Waals surface area contributed by atoms with Crippen molar-refractivity contribution in [2.75, 3.05) is 18.0 Å². The smallest absolute Gasteiger partial charge is 0.252 e. The first kappa shape index (κ1) is 28.5. The average molecular weight is 577 g/mol. The number of carbonyl (C=O) groups excluding carboxylic acids is 1. The fourth-order valence-electron chi connectivity index (χ4n) is 5.85. The summed E-state index contributed by atoms with van der Waals surface area (Å²) in [7, 11) is 0. The highest BCUT2D eigenvalue weighted by Gasteiger charge is 2.24. The number of nitrogens with one attached hydrogen (secondary N) is 2. The van der Waals surface area contributed by atoms with Crippen LogP contribution in [0.3, 0.4) is 0 Å². The molecule has 0 unspecified atom stereocenters. The lowest BCUT2D eigenvalue weighted by Gasteiger charge is -2.32. The van der Waals surface area contributed by atoms with Crippen LogP contribution in [0.2, 0.25) is 0 Å². The van der Waals surface area contributed by atoms with Crippen molar-refractivity contribution < 1.29 is 14.3 Å². The van der Waals surface area contributed by atoms with Crippen molar-refractivity contribution >= 4 is 22.5 Å². The zero-order valence-corrected chi connectivity index (χ0v) is 24.5. The first-order valence-corrected chi connectivity index (χ1v) is 14.9. The molecule has 7 heteroatoms. The summed E-state index contributed by atoms with van der Waals surface area (Å²) in [4.78, 5) is 19.6. The Kier molecular flexibility index (Phi) is 7.91. The number of piperidine rings is 1. The number of hydrogen-bond acceptors (Lipinski definition) is 4. The molecule has 1 aliphatic heterocycles. The molecule has 0 saturated carbocycles. The minimum absolute atomic E-state index is 0.0993. The van der Waals surface area contributed by atoms with Crippen LogP contribution in [0.5, 0.6) is 5.75 Å². The van der Waals surface area contributed by atoms with E-state index in [1.54, 1.807) is 0 Å². The number of nitrogens with zero attached hydrogens (tertiary/aromatic N) is 1. The summed E-state index contributed by atoms with van der Waals surface area (Å²) in [6.07, 6.45) is 1.98. The van der Waals surface area contributed by atoms with Crippen LogP contribution >= 0.6 is 0 Å². The van der Waals surface area contributed by atoms with Crippen molar-refractivity contribution in [3.63, 3.8) is 0 Å². The van der Waals surface area contributed by atoms with E-state index in [2.05, 4.69) is 59.4 Å². The SMILES string of the molecule is CC(C)c1cc(C(=O)N[C@@H](c2cc3ccccc3[nH]2)c2cc(F)ccc2O)cc(-c2ccc(N3CCC(N)CC3)cc2)c1. The van der Waals surface area contributed by atoms with Gasteiger partial charge in [-0.25, -0.2) is 4.39 Å². The van der Waals surface area contributed by atoms with E-state index < -0.39 is 11.9 Å². The molecule has 43 heavy (non-hydrogen) atoms. The predicted molar refractivity (Wildman–Crippen MR) is 171 cm³/mol. The lowest BCUT2D eigenvalue weighted by molar-refractivity contribution is 0.0942. The molecule has 1 amide bonds. The molecule has 2 heterocycles. The number of anilines is 1. The molecule has 1 aromatic heterocycles. The Balaban J connectivity index is 1.34. The maximum absolute atomic E-state index is 14.4. The maximum atomic E-state index is 14.4. The monoisotopic (exact) mass is 576 g/mol. The number of carbonyl (C=O) groups is 1. The third kappa shape index (κ3) is 6.13. The van der Waals surface area contributed by atoms with Crippen molar-refractivity contribution in [2.24, 2.45) is 5.73 Å². The van der Waals surface area contributed by atoms with Crippen LogP contribution in [-0.2, 0) is 0 Å². The Morgan fingerprint density at radius 1 is 0.953 bits per heavy atom. The highest BCUT2D eigenvalue weighted by atomic mass is 19.1. The number of nitrogens with two attached hydrogens (primary N) is 1. The van der Waals surface area contributed by atoms with Gasteiger partial charge in [-0.15, -0.1) is 0 Å². The Morgan fingerprint density at radius 2 is 1.70 bits per heavy atom. The van der Waals surface area contributed by atoms with Crippen molar-refractivity contribution in [2.45, 2.75) is 44.7 Å². The van der Waals surface area contributed by atoms with Crippen LogP contribution in [0.4, 0.5) is 10.1 Å². The van der Waals surface area contributed by atoms with Gasteiger partial charge in [-0.2, -0.15) is 0 Å². The quantitative estimate of drug-likeness (QED) is 0.164. The molecule has 6 rings (SSSR count). The van der Waals surface area contributed by atoms with E-state index in [4.69, 9.17) is 5.73 Å². The van der Waals surface area contributed by atoms with Crippen LogP contribution in [0.25, 0.3) is 22.0 Å². The molecule has 1 fully saturated rings. The van der Waals surface area contributed by atoms with Crippen molar-refractivity contribution in [3.8, 4) is 16.9 Å². The number of aromatic nitrogens is 1. The van der Waals surface area contributed by atoms with E-state index in [1.165, 1.54) is 23.9 Å². The maximum Gasteiger partial charge on any atom is 0.252 e. The van der Waals surface area contributed by atoms with Gasteiger partial charge in [-0.3, -0.25) is 4.79 Å². The lowest BCUT2D eigenvalue weighted by atomic mass is 9.93. The standard InChI is InChI=1S/C36H37FN4O2/c1-22(2)25-17-26(23-7-10-30(11-8-23)41-15-13-29(38)14-16-41)19-27(18-25)36(43)40-35(31-21-28(37)9-12-34(31)42)33-20-24-5-3-4-6-32(24)39-33/h3-12,17-22,29,35,39,42H,13-16,38H2,1-2H3,(H,40,43)/t35-/m1/s1. The fourth-order valence-corrected chi connectivity index (χ4v) is 5.85. The number of phenolic OH excluding ortho intramolecular Hbond substituents is 1. The fraction of sp³-hybridized carbons (Fsp3) is 0.250. The number of fused-ring (bicyclic) bond motifs is 1. The zero-order chi connectivity index (χ0) is 30.1. The van der Waals surface area contributed by atoms with Crippen molar-refractivity contribution in [3.05, 3.63) is 119 Å². The van der Waals surface area contributed by atoms with Crippen LogP contribution in [-0.4, -0.2) is 35.1 Å². The van der Waals surface area contributed by atoms with Gasteiger partial charge in [0, 0.05) is 47.2 Å². The average Bonchev–Trinajstić information content (AvgIpc) is 3.45. The summed E-state index contributed by atoms with van der Waals surface area (Å²) >= 11 is 0. The summed E-state index contributed by atoms with van der Waals surface area (Å²) in [5.74, 6) is -0.724. The Labute approximate surface area is 251 Å². The van der Waals surface area contributed by atoms with Crippen molar-refractivity contribution in [1.29, 1.82) is 0 Å². The molecule has 1 aliphatic rings. The second kappa shape index (κ2) is 11.9. The van der Waals surface area contributed by atoms with Gasteiger partial charge in [0.1, 0.15) is 11.6 Å². The molecular formula is C36H37FN4O2. The van der Waals surface area contributed by atoms with Crippen molar-refractivity contribution in [1.82, 2.24) is 10.3 Å². The molecule has 4 aromatic carbocycles. The largest absolute Gasteiger partial charge is 0.508 e. The predicted octanol–water partition coefficient (Wildman–Crippen LogP) is 7.25. The highest BCUT2D eigenvalue weighted by molar-refractivity contribution is 5.96. The third-order valence-corrected chi connectivity index (χ3v) is 8.43. The number of halogens is 1. The number of rotatable bonds is 7. The lowest BCUT2D eigenvalue weighted by Crippen LogP contribution is -2.39. The van der Waals surface area contributed by atoms with Crippen LogP contribution in [0.1, 0.15) is 65.8 Å². The number of benzene rings is 4. The van der Waals surface area contributed by atoms with Gasteiger partial charge in [-0.05, 0) is 95.4 Å². The van der Waals surface area contributed by atoms with E-state index in [1.807, 2.05) is 42.5 Å². The van der Waals surface area contributed by atoms with Crippen LogP contribution in [0.15, 0.2) is 91.0 Å². The van der Waals surface area contributed by atoms with E-state index >= 15 is 0 Å². The number of amides is 1. The van der Waals surface area contributed by atoms with E-state index in [0.717, 1.165) is 53.5 Å². The third-order valence-electron chi connectivity index (χ3n) is 8.43. The molecule has 6 nitrogen and oxygen atoms in total. The van der Waals surface area contributed by atoms with E-state index in [0.29, 0.717) is 11.3 Å². The molecule has 1 atom stereocenters. The summed E-state index contributed by atoms with van der Waals surface area (Å²) in [5.41, 5.74) is 12.5. The van der Waals surface area contributed by atoms with Gasteiger partial charge in [0.05, 0.1) is 6.04 Å². The number of para-hydroxylation sites is 1. The molecule has 220 valence electrons. The number of aromatic hydroxyl groups is 1. The van der Waals surface area contributed by atoms with Crippen LogP contribution in [0, 0.1) is 5.82 Å². The van der Waals surface area contributed by atoms with E-state index in [-0.39, 0.29) is 29.2 Å². The highest BCUT2D eigenvalue weighted by Crippen LogP contribution is 2.33. The summed E-state index contributed by atoms with van der Waals surface area (Å²) in [5, 5.41) is 14.8. The normalized spacial score (nSPS) is 14.8. The number of H-pyrrole nitrogens is 1.